The highest BCUT2D eigenvalue weighted by molar-refractivity contribution is 8.06. The Balaban J connectivity index is 2.64. The van der Waals surface area contributed by atoms with Crippen LogP contribution in [0.3, 0.4) is 0 Å². The quantitative estimate of drug-likeness (QED) is 0.745. The summed E-state index contributed by atoms with van der Waals surface area (Å²) in [5.74, 6) is 0. The molecule has 0 aromatic carbocycles. The summed E-state index contributed by atoms with van der Waals surface area (Å²) in [6.07, 6.45) is -5.72. The van der Waals surface area contributed by atoms with E-state index < -0.39 is 55.3 Å². The van der Waals surface area contributed by atoms with Crippen molar-refractivity contribution in [2.45, 2.75) is 44.2 Å². The van der Waals surface area contributed by atoms with Crippen LogP contribution in [0.25, 0.3) is 0 Å². The van der Waals surface area contributed by atoms with E-state index in [0.29, 0.717) is 4.68 Å². The molecule has 0 radical (unpaired) electrons. The lowest BCUT2D eigenvalue weighted by Crippen LogP contribution is -2.35. The molecule has 136 valence electrons. The summed E-state index contributed by atoms with van der Waals surface area (Å²) >= 11 is 0. The average Bonchev–Trinajstić information content (AvgIpc) is 2.90. The number of nitrogens with zero attached hydrogens (tertiary/aromatic N) is 3. The molecule has 0 amide bonds. The summed E-state index contributed by atoms with van der Waals surface area (Å²) < 4.78 is 93.2. The Hall–Kier alpha value is -1.72. The molecule has 1 aliphatic rings. The van der Waals surface area contributed by atoms with Gasteiger partial charge in [-0.1, -0.05) is 5.16 Å². The third-order valence-corrected chi connectivity index (χ3v) is 5.23. The van der Waals surface area contributed by atoms with Crippen molar-refractivity contribution >= 4 is 14.9 Å². The van der Waals surface area contributed by atoms with Gasteiger partial charge in [-0.2, -0.15) is 27.1 Å². The van der Waals surface area contributed by atoms with Crippen LogP contribution in [0, 0.1) is 6.92 Å². The van der Waals surface area contributed by atoms with Gasteiger partial charge in [0.2, 0.25) is 0 Å². The van der Waals surface area contributed by atoms with Crippen molar-refractivity contribution in [2.24, 2.45) is 12.2 Å². The second kappa shape index (κ2) is 5.14. The average molecular weight is 375 g/mol. The van der Waals surface area contributed by atoms with Gasteiger partial charge < -0.3 is 4.84 Å². The van der Waals surface area contributed by atoms with Crippen molar-refractivity contribution < 1.29 is 35.2 Å². The van der Waals surface area contributed by atoms with Gasteiger partial charge in [0, 0.05) is 19.2 Å². The number of hydrogen-bond donors (Lipinski definition) is 0. The number of rotatable bonds is 2. The molecule has 1 aromatic rings. The topological polar surface area (TPSA) is 73.6 Å². The largest absolute Gasteiger partial charge is 0.435 e. The van der Waals surface area contributed by atoms with Gasteiger partial charge in [0.1, 0.15) is 5.60 Å². The van der Waals surface area contributed by atoms with Crippen LogP contribution in [0.4, 0.5) is 22.0 Å². The zero-order valence-corrected chi connectivity index (χ0v) is 13.9. The summed E-state index contributed by atoms with van der Waals surface area (Å²) in [6, 6.07) is 0. The number of aryl methyl sites for hydroxylation is 1. The fraction of sp³-hybridized carbons (Fsp3) is 0.667. The lowest BCUT2D eigenvalue weighted by Gasteiger charge is -2.19. The van der Waals surface area contributed by atoms with Gasteiger partial charge in [0.15, 0.2) is 10.7 Å². The van der Waals surface area contributed by atoms with Crippen molar-refractivity contribution in [1.82, 2.24) is 9.78 Å². The number of oxime groups is 1. The van der Waals surface area contributed by atoms with Crippen molar-refractivity contribution in [3.63, 3.8) is 0 Å². The van der Waals surface area contributed by atoms with Gasteiger partial charge >= 0.3 is 11.4 Å². The molecule has 0 bridgehead atoms. The smallest absolute Gasteiger partial charge is 0.389 e. The molecule has 24 heavy (non-hydrogen) atoms. The first-order valence-electron chi connectivity index (χ1n) is 6.60. The summed E-state index contributed by atoms with van der Waals surface area (Å²) in [5.41, 5.74) is -5.41. The van der Waals surface area contributed by atoms with E-state index in [1.54, 1.807) is 0 Å². The predicted octanol–water partition coefficient (Wildman–Crippen LogP) is 2.72. The zero-order chi connectivity index (χ0) is 18.7. The Labute approximate surface area is 134 Å². The van der Waals surface area contributed by atoms with Gasteiger partial charge in [-0.15, -0.1) is 0 Å². The minimum Gasteiger partial charge on any atom is -0.389 e. The summed E-state index contributed by atoms with van der Waals surface area (Å²) in [5, 5.41) is 0.245. The predicted molar refractivity (Wildman–Crippen MR) is 73.0 cm³/mol. The van der Waals surface area contributed by atoms with E-state index in [-0.39, 0.29) is 0 Å². The van der Waals surface area contributed by atoms with Crippen molar-refractivity contribution in [1.29, 1.82) is 0 Å². The Bertz CT molecular complexity index is 809. The maximum absolute atomic E-state index is 14.6. The highest BCUT2D eigenvalue weighted by Crippen LogP contribution is 2.45. The number of hydrogen-bond acceptors (Lipinski definition) is 5. The first kappa shape index (κ1) is 18.6. The lowest BCUT2D eigenvalue weighted by atomic mass is 10.1. The van der Waals surface area contributed by atoms with Crippen LogP contribution < -0.4 is 0 Å². The fourth-order valence-corrected chi connectivity index (χ4v) is 3.67. The third kappa shape index (κ3) is 2.76. The summed E-state index contributed by atoms with van der Waals surface area (Å²) in [7, 11) is -4.51. The van der Waals surface area contributed by atoms with Crippen LogP contribution in [-0.4, -0.2) is 28.8 Å². The van der Waals surface area contributed by atoms with Crippen LogP contribution >= 0.6 is 0 Å². The van der Waals surface area contributed by atoms with E-state index in [0.717, 1.165) is 14.0 Å². The maximum atomic E-state index is 14.6. The number of halogens is 5. The van der Waals surface area contributed by atoms with E-state index in [9.17, 15) is 30.4 Å². The minimum atomic E-state index is -5.52. The molecule has 6 nitrogen and oxygen atoms in total. The van der Waals surface area contributed by atoms with Crippen LogP contribution in [-0.2, 0) is 33.2 Å². The normalized spacial score (nSPS) is 18.5. The molecular weight excluding hydrogens is 361 g/mol. The molecule has 0 N–H and O–H groups in total. The lowest BCUT2D eigenvalue weighted by molar-refractivity contribution is -0.143. The molecule has 0 spiro atoms. The fourth-order valence-electron chi connectivity index (χ4n) is 2.18. The van der Waals surface area contributed by atoms with Gasteiger partial charge in [-0.05, 0) is 20.8 Å². The van der Waals surface area contributed by atoms with E-state index in [2.05, 4.69) is 10.3 Å². The maximum Gasteiger partial charge on any atom is 0.435 e. The summed E-state index contributed by atoms with van der Waals surface area (Å²) in [6.45, 7) is 3.75. The second-order valence-corrected chi connectivity index (χ2v) is 7.95. The van der Waals surface area contributed by atoms with Gasteiger partial charge in [-0.3, -0.25) is 4.68 Å². The van der Waals surface area contributed by atoms with Crippen molar-refractivity contribution in [2.75, 3.05) is 0 Å². The van der Waals surface area contributed by atoms with Gasteiger partial charge in [0.05, 0.1) is 5.56 Å². The van der Waals surface area contributed by atoms with Crippen molar-refractivity contribution in [3.05, 3.63) is 17.0 Å². The van der Waals surface area contributed by atoms with Crippen molar-refractivity contribution in [3.8, 4) is 0 Å². The second-order valence-electron chi connectivity index (χ2n) is 5.96. The Morgan fingerprint density at radius 3 is 2.17 bits per heavy atom. The molecular formula is C12H14F5N3O3S. The van der Waals surface area contributed by atoms with E-state index in [1.165, 1.54) is 13.8 Å². The molecule has 0 unspecified atom stereocenters. The Morgan fingerprint density at radius 1 is 1.21 bits per heavy atom. The van der Waals surface area contributed by atoms with Gasteiger partial charge in [-0.25, -0.2) is 8.42 Å². The first-order chi connectivity index (χ1) is 10.6. The monoisotopic (exact) mass is 375 g/mol. The molecule has 0 fully saturated rings. The summed E-state index contributed by atoms with van der Waals surface area (Å²) in [4.78, 5) is 4.74. The highest BCUT2D eigenvalue weighted by atomic mass is 32.2. The van der Waals surface area contributed by atoms with E-state index >= 15 is 0 Å². The minimum absolute atomic E-state index is 0.481. The molecule has 0 atom stereocenters. The molecule has 1 aromatic heterocycles. The van der Waals surface area contributed by atoms with Gasteiger partial charge in [0.25, 0.3) is 9.84 Å². The highest BCUT2D eigenvalue weighted by Gasteiger charge is 2.58. The zero-order valence-electron chi connectivity index (χ0n) is 13.1. The van der Waals surface area contributed by atoms with E-state index in [4.69, 9.17) is 4.84 Å². The van der Waals surface area contributed by atoms with E-state index in [1.807, 2.05) is 0 Å². The van der Waals surface area contributed by atoms with Crippen LogP contribution in [0.1, 0.15) is 37.2 Å². The first-order valence-corrected chi connectivity index (χ1v) is 8.08. The molecule has 2 heterocycles. The third-order valence-electron chi connectivity index (χ3n) is 3.51. The van der Waals surface area contributed by atoms with Crippen LogP contribution in [0.5, 0.6) is 0 Å². The molecule has 2 rings (SSSR count). The number of sulfone groups is 1. The molecule has 12 heteroatoms. The van der Waals surface area contributed by atoms with Crippen LogP contribution in [0.15, 0.2) is 5.16 Å². The van der Waals surface area contributed by atoms with Crippen LogP contribution in [0.2, 0.25) is 0 Å². The number of aromatic nitrogens is 2. The standard InChI is InChI=1S/C12H14F5N3O3S/c1-6-8(9(11(13,14)15)18-20(6)4)12(16,17)24(21,22)7-5-10(2,3)23-19-7/h5H2,1-4H3. The molecule has 0 saturated carbocycles. The molecule has 0 aliphatic carbocycles. The SMILES string of the molecule is Cc1c(C(F)(F)S(=O)(=O)C2=NOC(C)(C)C2)c(C(F)(F)F)nn1C. The Morgan fingerprint density at radius 2 is 1.75 bits per heavy atom. The molecule has 0 saturated heterocycles. The number of alkyl halides is 5. The molecule has 1 aliphatic heterocycles. The Kier molecular flexibility index (Phi) is 3.98.